The quantitative estimate of drug-likeness (QED) is 0.576. The van der Waals surface area contributed by atoms with E-state index in [-0.39, 0.29) is 5.91 Å². The highest BCUT2D eigenvalue weighted by molar-refractivity contribution is 7.11. The summed E-state index contributed by atoms with van der Waals surface area (Å²) in [5.41, 5.74) is 2.91. The van der Waals surface area contributed by atoms with E-state index in [2.05, 4.69) is 25.7 Å². The Hall–Kier alpha value is -3.26. The van der Waals surface area contributed by atoms with Gasteiger partial charge in [-0.15, -0.1) is 0 Å². The maximum atomic E-state index is 12.3. The molecule has 0 aliphatic rings. The van der Waals surface area contributed by atoms with Crippen LogP contribution in [0.2, 0.25) is 0 Å². The van der Waals surface area contributed by atoms with Crippen LogP contribution in [0.3, 0.4) is 0 Å². The summed E-state index contributed by atoms with van der Waals surface area (Å²) in [7, 11) is 0. The lowest BCUT2D eigenvalue weighted by Gasteiger charge is -2.07. The van der Waals surface area contributed by atoms with Gasteiger partial charge in [-0.2, -0.15) is 15.4 Å². The molecule has 0 unspecified atom stereocenters. The number of hydrogen-bond acceptors (Lipinski definition) is 6. The van der Waals surface area contributed by atoms with Gasteiger partial charge in [0.15, 0.2) is 0 Å². The monoisotopic (exact) mass is 351 g/mol. The standard InChI is InChI=1S/C17H13N5O2S/c23-16(12-3-6-14-15(9-12)21-22-20-14)19-10-11-1-4-13(5-2-11)24-17-18-7-8-25-17/h1-9H,10H2,(H,19,23)(H,20,21,22). The third kappa shape index (κ3) is 3.48. The van der Waals surface area contributed by atoms with E-state index in [1.165, 1.54) is 11.3 Å². The molecule has 0 spiro atoms. The number of hydrogen-bond donors (Lipinski definition) is 2. The molecule has 0 bridgehead atoms. The van der Waals surface area contributed by atoms with Gasteiger partial charge in [0.1, 0.15) is 16.8 Å². The first-order valence-corrected chi connectivity index (χ1v) is 8.41. The fraction of sp³-hybridized carbons (Fsp3) is 0.0588. The summed E-state index contributed by atoms with van der Waals surface area (Å²) in [5.74, 6) is 0.550. The minimum atomic E-state index is -0.159. The van der Waals surface area contributed by atoms with Gasteiger partial charge in [-0.3, -0.25) is 4.79 Å². The summed E-state index contributed by atoms with van der Waals surface area (Å²) in [5, 5.41) is 15.8. The molecule has 0 radical (unpaired) electrons. The zero-order valence-corrected chi connectivity index (χ0v) is 13.8. The van der Waals surface area contributed by atoms with E-state index < -0.39 is 0 Å². The molecule has 2 aromatic carbocycles. The van der Waals surface area contributed by atoms with Crippen molar-refractivity contribution >= 4 is 28.3 Å². The summed E-state index contributed by atoms with van der Waals surface area (Å²) in [6.45, 7) is 0.424. The summed E-state index contributed by atoms with van der Waals surface area (Å²) >= 11 is 1.43. The number of amides is 1. The molecule has 4 rings (SSSR count). The molecule has 124 valence electrons. The molecule has 2 heterocycles. The number of nitrogens with one attached hydrogen (secondary N) is 2. The minimum absolute atomic E-state index is 0.159. The Balaban J connectivity index is 1.37. The van der Waals surface area contributed by atoms with Gasteiger partial charge in [0.05, 0.1) is 0 Å². The van der Waals surface area contributed by atoms with Crippen LogP contribution in [-0.4, -0.2) is 26.3 Å². The Bertz CT molecular complexity index is 996. The van der Waals surface area contributed by atoms with E-state index in [0.717, 1.165) is 11.1 Å². The number of nitrogens with zero attached hydrogens (tertiary/aromatic N) is 3. The lowest BCUT2D eigenvalue weighted by molar-refractivity contribution is 0.0951. The third-order valence-electron chi connectivity index (χ3n) is 3.57. The average molecular weight is 351 g/mol. The molecular weight excluding hydrogens is 338 g/mol. The molecule has 0 saturated carbocycles. The van der Waals surface area contributed by atoms with E-state index >= 15 is 0 Å². The van der Waals surface area contributed by atoms with Crippen LogP contribution in [0.5, 0.6) is 10.9 Å². The maximum absolute atomic E-state index is 12.3. The Morgan fingerprint density at radius 1 is 1.12 bits per heavy atom. The second kappa shape index (κ2) is 6.70. The van der Waals surface area contributed by atoms with Crippen molar-refractivity contribution in [3.63, 3.8) is 0 Å². The van der Waals surface area contributed by atoms with Crippen molar-refractivity contribution in [2.24, 2.45) is 0 Å². The first-order chi connectivity index (χ1) is 12.3. The molecule has 0 atom stereocenters. The van der Waals surface area contributed by atoms with Crippen LogP contribution >= 0.6 is 11.3 Å². The molecule has 4 aromatic rings. The Morgan fingerprint density at radius 3 is 2.76 bits per heavy atom. The second-order valence-corrected chi connectivity index (χ2v) is 6.11. The number of ether oxygens (including phenoxy) is 1. The number of fused-ring (bicyclic) bond motifs is 1. The normalized spacial score (nSPS) is 10.7. The zero-order chi connectivity index (χ0) is 17.1. The predicted molar refractivity (Wildman–Crippen MR) is 93.7 cm³/mol. The van der Waals surface area contributed by atoms with Crippen molar-refractivity contribution in [1.29, 1.82) is 0 Å². The molecule has 25 heavy (non-hydrogen) atoms. The van der Waals surface area contributed by atoms with Gasteiger partial charge >= 0.3 is 0 Å². The fourth-order valence-corrected chi connectivity index (χ4v) is 2.81. The molecule has 2 N–H and O–H groups in total. The highest BCUT2D eigenvalue weighted by Crippen LogP contribution is 2.23. The molecule has 0 aliphatic carbocycles. The molecule has 7 nitrogen and oxygen atoms in total. The Kier molecular flexibility index (Phi) is 4.09. The lowest BCUT2D eigenvalue weighted by Crippen LogP contribution is -2.22. The SMILES string of the molecule is O=C(NCc1ccc(Oc2nccs2)cc1)c1ccc2n[nH]nc2c1. The molecule has 1 amide bonds. The van der Waals surface area contributed by atoms with Crippen molar-refractivity contribution in [3.8, 4) is 10.9 Å². The second-order valence-electron chi connectivity index (χ2n) is 5.25. The first kappa shape index (κ1) is 15.3. The number of carbonyl (C=O) groups excluding carboxylic acids is 1. The average Bonchev–Trinajstić information content (AvgIpc) is 3.31. The largest absolute Gasteiger partial charge is 0.431 e. The number of aromatic nitrogens is 4. The number of aromatic amines is 1. The van der Waals surface area contributed by atoms with E-state index in [0.29, 0.717) is 28.6 Å². The van der Waals surface area contributed by atoms with E-state index in [9.17, 15) is 4.79 Å². The third-order valence-corrected chi connectivity index (χ3v) is 4.22. The van der Waals surface area contributed by atoms with Gasteiger partial charge in [0.2, 0.25) is 0 Å². The predicted octanol–water partition coefficient (Wildman–Crippen LogP) is 3.14. The summed E-state index contributed by atoms with van der Waals surface area (Å²) in [6, 6.07) is 12.7. The van der Waals surface area contributed by atoms with E-state index in [4.69, 9.17) is 4.74 Å². The number of thiazole rings is 1. The summed E-state index contributed by atoms with van der Waals surface area (Å²) in [4.78, 5) is 16.3. The van der Waals surface area contributed by atoms with Gasteiger partial charge in [-0.25, -0.2) is 4.98 Å². The molecule has 2 aromatic heterocycles. The number of benzene rings is 2. The van der Waals surface area contributed by atoms with Gasteiger partial charge in [-0.05, 0) is 35.9 Å². The van der Waals surface area contributed by atoms with Crippen molar-refractivity contribution in [2.75, 3.05) is 0 Å². The molecule has 0 aliphatic heterocycles. The molecule has 0 fully saturated rings. The summed E-state index contributed by atoms with van der Waals surface area (Å²) in [6.07, 6.45) is 1.69. The smallest absolute Gasteiger partial charge is 0.278 e. The topological polar surface area (TPSA) is 92.8 Å². The number of rotatable bonds is 5. The molecular formula is C17H13N5O2S. The van der Waals surface area contributed by atoms with Crippen molar-refractivity contribution in [1.82, 2.24) is 25.7 Å². The zero-order valence-electron chi connectivity index (χ0n) is 13.0. The van der Waals surface area contributed by atoms with Crippen LogP contribution in [0.15, 0.2) is 54.0 Å². The Morgan fingerprint density at radius 2 is 1.96 bits per heavy atom. The highest BCUT2D eigenvalue weighted by Gasteiger charge is 2.08. The van der Waals surface area contributed by atoms with Crippen LogP contribution in [0.1, 0.15) is 15.9 Å². The van der Waals surface area contributed by atoms with Crippen molar-refractivity contribution < 1.29 is 9.53 Å². The van der Waals surface area contributed by atoms with E-state index in [1.807, 2.05) is 29.6 Å². The van der Waals surface area contributed by atoms with Crippen molar-refractivity contribution in [3.05, 3.63) is 65.2 Å². The van der Waals surface area contributed by atoms with Crippen LogP contribution in [0.25, 0.3) is 11.0 Å². The fourth-order valence-electron chi connectivity index (χ4n) is 2.30. The van der Waals surface area contributed by atoms with Gasteiger partial charge in [0, 0.05) is 23.7 Å². The first-order valence-electron chi connectivity index (χ1n) is 7.53. The van der Waals surface area contributed by atoms with Gasteiger partial charge in [-0.1, -0.05) is 23.5 Å². The van der Waals surface area contributed by atoms with Crippen LogP contribution in [0.4, 0.5) is 0 Å². The lowest BCUT2D eigenvalue weighted by atomic mass is 10.1. The highest BCUT2D eigenvalue weighted by atomic mass is 32.1. The van der Waals surface area contributed by atoms with Crippen LogP contribution < -0.4 is 10.1 Å². The number of H-pyrrole nitrogens is 1. The minimum Gasteiger partial charge on any atom is -0.431 e. The summed E-state index contributed by atoms with van der Waals surface area (Å²) < 4.78 is 5.61. The Labute approximate surface area is 146 Å². The molecule has 0 saturated heterocycles. The van der Waals surface area contributed by atoms with Crippen LogP contribution in [0, 0.1) is 0 Å². The van der Waals surface area contributed by atoms with E-state index in [1.54, 1.807) is 24.4 Å². The van der Waals surface area contributed by atoms with Crippen LogP contribution in [-0.2, 0) is 6.54 Å². The maximum Gasteiger partial charge on any atom is 0.278 e. The van der Waals surface area contributed by atoms with Gasteiger partial charge in [0.25, 0.3) is 11.1 Å². The van der Waals surface area contributed by atoms with Gasteiger partial charge < -0.3 is 10.1 Å². The number of carbonyl (C=O) groups is 1. The molecule has 8 heteroatoms. The van der Waals surface area contributed by atoms with Crippen molar-refractivity contribution in [2.45, 2.75) is 6.54 Å².